The van der Waals surface area contributed by atoms with E-state index in [9.17, 15) is 24.8 Å². The third-order valence-electron chi connectivity index (χ3n) is 7.99. The van der Waals surface area contributed by atoms with E-state index in [0.717, 1.165) is 47.3 Å². The van der Waals surface area contributed by atoms with Crippen molar-refractivity contribution in [2.75, 3.05) is 11.5 Å². The van der Waals surface area contributed by atoms with Gasteiger partial charge in [-0.05, 0) is 61.9 Å². The number of fused-ring (bicyclic) bond motifs is 3. The van der Waals surface area contributed by atoms with Gasteiger partial charge in [-0.1, -0.05) is 48.8 Å². The van der Waals surface area contributed by atoms with Gasteiger partial charge < -0.3 is 9.84 Å². The van der Waals surface area contributed by atoms with Gasteiger partial charge in [0.25, 0.3) is 5.69 Å². The van der Waals surface area contributed by atoms with Crippen LogP contribution in [0.3, 0.4) is 0 Å². The molecule has 0 unspecified atom stereocenters. The van der Waals surface area contributed by atoms with Crippen LogP contribution in [0.25, 0.3) is 6.08 Å². The second-order valence-corrected chi connectivity index (χ2v) is 10.5. The second kappa shape index (κ2) is 10.5. The number of rotatable bonds is 8. The van der Waals surface area contributed by atoms with Crippen molar-refractivity contribution in [3.05, 3.63) is 80.9 Å². The summed E-state index contributed by atoms with van der Waals surface area (Å²) in [6, 6.07) is 12.9. The standard InChI is InChI=1S/C30H32N2O6/c1-3-6-19(14-20-7-4-10-23(33)15-20)11-12-26-27-18(2)13-24-28(25(27)17-38-26)30(35)31(29(24)34)21-8-5-9-22(16-21)32(36)37/h4-5,7-10,14-16,24-26,28,33H,3,6,11-13,17H2,1-2H3/b19-14+/t24-,25+,26-,28-/m1/s1. The molecule has 38 heavy (non-hydrogen) atoms. The molecule has 1 aliphatic carbocycles. The van der Waals surface area contributed by atoms with Crippen molar-refractivity contribution in [2.45, 2.75) is 52.1 Å². The Labute approximate surface area is 221 Å². The fourth-order valence-electron chi connectivity index (χ4n) is 6.39. The third-order valence-corrected chi connectivity index (χ3v) is 7.99. The third kappa shape index (κ3) is 4.76. The molecule has 2 aliphatic heterocycles. The van der Waals surface area contributed by atoms with Crippen LogP contribution in [0.4, 0.5) is 11.4 Å². The minimum atomic E-state index is -0.525. The van der Waals surface area contributed by atoms with Gasteiger partial charge in [-0.3, -0.25) is 19.7 Å². The van der Waals surface area contributed by atoms with Gasteiger partial charge in [0.05, 0.1) is 35.2 Å². The number of allylic oxidation sites excluding steroid dienone is 2. The quantitative estimate of drug-likeness (QED) is 0.205. The zero-order chi connectivity index (χ0) is 27.0. The first-order valence-electron chi connectivity index (χ1n) is 13.2. The van der Waals surface area contributed by atoms with Gasteiger partial charge in [0, 0.05) is 18.1 Å². The van der Waals surface area contributed by atoms with Gasteiger partial charge in [0.1, 0.15) is 5.75 Å². The highest BCUT2D eigenvalue weighted by atomic mass is 16.6. The molecule has 2 amide bonds. The molecule has 2 saturated heterocycles. The minimum Gasteiger partial charge on any atom is -0.508 e. The van der Waals surface area contributed by atoms with Gasteiger partial charge in [0.2, 0.25) is 11.8 Å². The SMILES string of the molecule is CCC/C(=C\c1cccc(O)c1)CC[C@H]1OC[C@H]2C1=C(C)C[C@H]1C(=O)N(c3cccc([N+](=O)[O-])c3)C(=O)[C@H]12. The maximum Gasteiger partial charge on any atom is 0.271 e. The summed E-state index contributed by atoms with van der Waals surface area (Å²) in [5.41, 5.74) is 4.58. The zero-order valence-corrected chi connectivity index (χ0v) is 21.6. The molecule has 0 saturated carbocycles. The highest BCUT2D eigenvalue weighted by molar-refractivity contribution is 6.22. The monoisotopic (exact) mass is 516 g/mol. The summed E-state index contributed by atoms with van der Waals surface area (Å²) < 4.78 is 6.26. The first-order chi connectivity index (χ1) is 18.3. The minimum absolute atomic E-state index is 0.111. The molecule has 0 radical (unpaired) electrons. The lowest BCUT2D eigenvalue weighted by molar-refractivity contribution is -0.384. The molecule has 8 heteroatoms. The van der Waals surface area contributed by atoms with E-state index in [0.29, 0.717) is 13.0 Å². The Morgan fingerprint density at radius 2 is 1.92 bits per heavy atom. The van der Waals surface area contributed by atoms with E-state index >= 15 is 0 Å². The lowest BCUT2D eigenvalue weighted by Gasteiger charge is -2.30. The summed E-state index contributed by atoms with van der Waals surface area (Å²) in [6.45, 7) is 4.56. The summed E-state index contributed by atoms with van der Waals surface area (Å²) >= 11 is 0. The number of benzene rings is 2. The predicted octanol–water partition coefficient (Wildman–Crippen LogP) is 5.81. The van der Waals surface area contributed by atoms with Crippen molar-refractivity contribution in [1.29, 1.82) is 0 Å². The van der Waals surface area contributed by atoms with E-state index in [1.807, 2.05) is 19.1 Å². The summed E-state index contributed by atoms with van der Waals surface area (Å²) in [5.74, 6) is -1.49. The molecular formula is C30H32N2O6. The van der Waals surface area contributed by atoms with Crippen molar-refractivity contribution < 1.29 is 24.4 Å². The van der Waals surface area contributed by atoms with Gasteiger partial charge in [-0.2, -0.15) is 0 Å². The number of phenolic OH excluding ortho intramolecular Hbond substituents is 1. The van der Waals surface area contributed by atoms with Crippen LogP contribution in [0, 0.1) is 27.9 Å². The number of nitro benzene ring substituents is 1. The molecule has 0 aromatic heterocycles. The van der Waals surface area contributed by atoms with Crippen LogP contribution >= 0.6 is 0 Å². The van der Waals surface area contributed by atoms with Gasteiger partial charge >= 0.3 is 0 Å². The molecule has 8 nitrogen and oxygen atoms in total. The number of carbonyl (C=O) groups excluding carboxylic acids is 2. The number of amides is 2. The van der Waals surface area contributed by atoms with Crippen molar-refractivity contribution in [2.24, 2.45) is 17.8 Å². The molecule has 5 rings (SSSR count). The number of imide groups is 1. The predicted molar refractivity (Wildman–Crippen MR) is 143 cm³/mol. The lowest BCUT2D eigenvalue weighted by Crippen LogP contribution is -2.34. The molecule has 0 bridgehead atoms. The Bertz CT molecular complexity index is 1350. The van der Waals surface area contributed by atoms with E-state index in [-0.39, 0.29) is 41.0 Å². The Balaban J connectivity index is 1.35. The molecular weight excluding hydrogens is 484 g/mol. The van der Waals surface area contributed by atoms with Crippen LogP contribution in [0.2, 0.25) is 0 Å². The van der Waals surface area contributed by atoms with Crippen molar-refractivity contribution in [3.8, 4) is 5.75 Å². The second-order valence-electron chi connectivity index (χ2n) is 10.5. The molecule has 198 valence electrons. The number of non-ortho nitro benzene ring substituents is 1. The van der Waals surface area contributed by atoms with Gasteiger partial charge in [-0.25, -0.2) is 4.90 Å². The maximum atomic E-state index is 13.6. The van der Waals surface area contributed by atoms with Crippen LogP contribution in [0.1, 0.15) is 51.5 Å². The van der Waals surface area contributed by atoms with Crippen molar-refractivity contribution in [3.63, 3.8) is 0 Å². The van der Waals surface area contributed by atoms with E-state index in [1.165, 1.54) is 23.8 Å². The first kappa shape index (κ1) is 25.9. The molecule has 2 aromatic rings. The van der Waals surface area contributed by atoms with Crippen LogP contribution in [-0.4, -0.2) is 34.6 Å². The Hall–Kier alpha value is -3.78. The normalized spacial score (nSPS) is 25.1. The summed E-state index contributed by atoms with van der Waals surface area (Å²) in [5, 5.41) is 21.1. The molecule has 2 aromatic carbocycles. The molecule has 4 atom stereocenters. The van der Waals surface area contributed by atoms with Crippen LogP contribution in [-0.2, 0) is 14.3 Å². The van der Waals surface area contributed by atoms with E-state index in [1.54, 1.807) is 18.2 Å². The number of phenols is 1. The average molecular weight is 517 g/mol. The van der Waals surface area contributed by atoms with Crippen LogP contribution < -0.4 is 4.90 Å². The number of hydrogen-bond donors (Lipinski definition) is 1. The summed E-state index contributed by atoms with van der Waals surface area (Å²) in [7, 11) is 0. The number of ether oxygens (including phenoxy) is 1. The average Bonchev–Trinajstić information content (AvgIpc) is 3.42. The van der Waals surface area contributed by atoms with Crippen molar-refractivity contribution in [1.82, 2.24) is 0 Å². The molecule has 0 spiro atoms. The number of nitrogens with zero attached hydrogens (tertiary/aromatic N) is 2. The number of carbonyl (C=O) groups is 2. The van der Waals surface area contributed by atoms with Gasteiger partial charge in [-0.15, -0.1) is 0 Å². The first-order valence-corrected chi connectivity index (χ1v) is 13.2. The molecule has 2 heterocycles. The molecule has 3 aliphatic rings. The number of aromatic hydroxyl groups is 1. The maximum absolute atomic E-state index is 13.6. The topological polar surface area (TPSA) is 110 Å². The fraction of sp³-hybridized carbons (Fsp3) is 0.400. The lowest BCUT2D eigenvalue weighted by atomic mass is 9.70. The molecule has 1 N–H and O–H groups in total. The highest BCUT2D eigenvalue weighted by Crippen LogP contribution is 2.50. The largest absolute Gasteiger partial charge is 0.508 e. The Morgan fingerprint density at radius 1 is 1.13 bits per heavy atom. The van der Waals surface area contributed by atoms with Gasteiger partial charge in [0.15, 0.2) is 0 Å². The van der Waals surface area contributed by atoms with E-state index < -0.39 is 16.8 Å². The summed E-state index contributed by atoms with van der Waals surface area (Å²) in [4.78, 5) is 38.9. The highest BCUT2D eigenvalue weighted by Gasteiger charge is 2.56. The zero-order valence-electron chi connectivity index (χ0n) is 21.6. The fourth-order valence-corrected chi connectivity index (χ4v) is 6.39. The van der Waals surface area contributed by atoms with Crippen LogP contribution in [0.5, 0.6) is 5.75 Å². The Morgan fingerprint density at radius 3 is 2.66 bits per heavy atom. The smallest absolute Gasteiger partial charge is 0.271 e. The Kier molecular flexibility index (Phi) is 7.17. The molecule has 2 fully saturated rings. The number of nitro groups is 1. The number of anilines is 1. The summed E-state index contributed by atoms with van der Waals surface area (Å²) in [6.07, 6.45) is 6.08. The van der Waals surface area contributed by atoms with Crippen LogP contribution in [0.15, 0.2) is 65.3 Å². The van der Waals surface area contributed by atoms with Crippen molar-refractivity contribution >= 4 is 29.3 Å². The number of hydrogen-bond acceptors (Lipinski definition) is 6. The van der Waals surface area contributed by atoms with E-state index in [2.05, 4.69) is 13.0 Å². The van der Waals surface area contributed by atoms with E-state index in [4.69, 9.17) is 4.74 Å².